The lowest BCUT2D eigenvalue weighted by molar-refractivity contribution is -0.173. The van der Waals surface area contributed by atoms with Gasteiger partial charge in [-0.25, -0.2) is 8.78 Å². The molecule has 6 nitrogen and oxygen atoms in total. The van der Waals surface area contributed by atoms with Gasteiger partial charge in [-0.05, 0) is 72.0 Å². The highest BCUT2D eigenvalue weighted by molar-refractivity contribution is 6.04. The summed E-state index contributed by atoms with van der Waals surface area (Å²) in [6, 6.07) is 5.91. The predicted molar refractivity (Wildman–Crippen MR) is 165 cm³/mol. The Bertz CT molecular complexity index is 1340. The number of nitrogens with two attached hydrogens (primary N) is 1. The Labute approximate surface area is 259 Å². The third-order valence-electron chi connectivity index (χ3n) is 12.1. The van der Waals surface area contributed by atoms with Crippen LogP contribution < -0.4 is 5.73 Å². The lowest BCUT2D eigenvalue weighted by Crippen LogP contribution is -2.60. The molecule has 0 radical (unpaired) electrons. The molecule has 8 heteroatoms. The van der Waals surface area contributed by atoms with Crippen LogP contribution in [0.15, 0.2) is 47.6 Å². The number of aryl methyl sites for hydroxylation is 1. The first-order chi connectivity index (χ1) is 20.6. The van der Waals surface area contributed by atoms with Crippen molar-refractivity contribution in [3.8, 4) is 0 Å². The normalized spacial score (nSPS) is 36.1. The standard InChI is InChI=1S/C36H49F2NO5/c1-21-15-29-35(43,31(21)42)18-24(20-40)16-26-30-33(3,4)34(30,17-22(2)36(26,29)44)19-28(41)27(39)10-8-6-5-7-9-23-11-13-25(14-12-23)32(37)38/h11-16,22,26-27,29-30,32,40,43-44H,5-10,17-20,39H2,1-4H3/t22-,26+,27-,29-,30-,34+,35-,36-/m1/s1. The number of carbonyl (C=O) groups excluding carboxylic acids is 2. The average molecular weight is 614 g/mol. The molecule has 0 heterocycles. The molecule has 0 aromatic heterocycles. The summed E-state index contributed by atoms with van der Waals surface area (Å²) in [5.74, 6) is -1.93. The minimum Gasteiger partial charge on any atom is -0.392 e. The summed E-state index contributed by atoms with van der Waals surface area (Å²) in [4.78, 5) is 26.7. The minimum absolute atomic E-state index is 0.0126. The fourth-order valence-corrected chi connectivity index (χ4v) is 9.53. The van der Waals surface area contributed by atoms with E-state index in [1.807, 2.05) is 13.0 Å². The summed E-state index contributed by atoms with van der Waals surface area (Å²) in [6.45, 7) is 7.60. The molecule has 5 N–H and O–H groups in total. The maximum atomic E-state index is 13.6. The summed E-state index contributed by atoms with van der Waals surface area (Å²) in [5.41, 5.74) is 4.69. The van der Waals surface area contributed by atoms with E-state index in [0.29, 0.717) is 30.4 Å². The van der Waals surface area contributed by atoms with Gasteiger partial charge in [-0.3, -0.25) is 9.59 Å². The molecule has 242 valence electrons. The highest BCUT2D eigenvalue weighted by Crippen LogP contribution is 2.81. The molecule has 0 unspecified atom stereocenters. The molecular formula is C36H49F2NO5. The van der Waals surface area contributed by atoms with Gasteiger partial charge in [-0.2, -0.15) is 0 Å². The van der Waals surface area contributed by atoms with Gasteiger partial charge >= 0.3 is 0 Å². The first-order valence-electron chi connectivity index (χ1n) is 16.3. The second-order valence-corrected chi connectivity index (χ2v) is 14.9. The van der Waals surface area contributed by atoms with Gasteiger partial charge in [0.25, 0.3) is 6.43 Å². The van der Waals surface area contributed by atoms with Gasteiger partial charge in [0.05, 0.1) is 18.2 Å². The number of alkyl halides is 2. The van der Waals surface area contributed by atoms with Crippen molar-refractivity contribution in [1.82, 2.24) is 0 Å². The van der Waals surface area contributed by atoms with Crippen molar-refractivity contribution in [2.75, 3.05) is 6.61 Å². The topological polar surface area (TPSA) is 121 Å². The van der Waals surface area contributed by atoms with Crippen LogP contribution in [0.2, 0.25) is 0 Å². The molecule has 1 aromatic rings. The van der Waals surface area contributed by atoms with Gasteiger partial charge < -0.3 is 21.1 Å². The summed E-state index contributed by atoms with van der Waals surface area (Å²) < 4.78 is 25.5. The second-order valence-electron chi connectivity index (χ2n) is 14.9. The van der Waals surface area contributed by atoms with Crippen molar-refractivity contribution in [1.29, 1.82) is 0 Å². The minimum atomic E-state index is -2.45. The maximum Gasteiger partial charge on any atom is 0.263 e. The van der Waals surface area contributed by atoms with Crippen LogP contribution in [0, 0.1) is 34.5 Å². The third-order valence-corrected chi connectivity index (χ3v) is 12.1. The van der Waals surface area contributed by atoms with Crippen LogP contribution in [-0.4, -0.2) is 50.7 Å². The molecule has 0 amide bonds. The Morgan fingerprint density at radius 3 is 2.36 bits per heavy atom. The Morgan fingerprint density at radius 1 is 1.07 bits per heavy atom. The zero-order valence-corrected chi connectivity index (χ0v) is 26.5. The number of ketones is 2. The summed E-state index contributed by atoms with van der Waals surface area (Å²) >= 11 is 0. The van der Waals surface area contributed by atoms with Crippen molar-refractivity contribution in [3.63, 3.8) is 0 Å². The summed E-state index contributed by atoms with van der Waals surface area (Å²) in [5, 5.41) is 34.4. The molecule has 44 heavy (non-hydrogen) atoms. The number of hydrogen-bond donors (Lipinski definition) is 4. The molecule has 0 spiro atoms. The number of benzene rings is 1. The number of rotatable bonds is 12. The number of aliphatic hydroxyl groups excluding tert-OH is 1. The zero-order chi connectivity index (χ0) is 32.2. The lowest BCUT2D eigenvalue weighted by atomic mass is 9.58. The molecule has 0 aliphatic heterocycles. The molecule has 5 rings (SSSR count). The van der Waals surface area contributed by atoms with Gasteiger partial charge in [0, 0.05) is 30.2 Å². The van der Waals surface area contributed by atoms with Gasteiger partial charge in [0.2, 0.25) is 0 Å². The first kappa shape index (κ1) is 33.1. The van der Waals surface area contributed by atoms with E-state index in [-0.39, 0.29) is 52.8 Å². The van der Waals surface area contributed by atoms with E-state index in [0.717, 1.165) is 37.7 Å². The van der Waals surface area contributed by atoms with Crippen LogP contribution in [0.4, 0.5) is 8.78 Å². The van der Waals surface area contributed by atoms with Gasteiger partial charge in [0.15, 0.2) is 5.78 Å². The molecule has 4 aliphatic rings. The lowest BCUT2D eigenvalue weighted by Gasteiger charge is -2.51. The number of hydrogen-bond acceptors (Lipinski definition) is 6. The first-order valence-corrected chi connectivity index (χ1v) is 16.3. The summed E-state index contributed by atoms with van der Waals surface area (Å²) in [7, 11) is 0. The van der Waals surface area contributed by atoms with Gasteiger partial charge in [-0.15, -0.1) is 0 Å². The third kappa shape index (κ3) is 5.23. The van der Waals surface area contributed by atoms with E-state index in [1.165, 1.54) is 12.1 Å². The molecule has 0 bridgehead atoms. The van der Waals surface area contributed by atoms with E-state index in [2.05, 4.69) is 13.8 Å². The molecule has 2 fully saturated rings. The number of aliphatic hydroxyl groups is 3. The Kier molecular flexibility index (Phi) is 8.90. The number of Topliss-reactive ketones (excluding diaryl/α,β-unsaturated/α-hetero) is 2. The predicted octanol–water partition coefficient (Wildman–Crippen LogP) is 5.63. The van der Waals surface area contributed by atoms with Crippen LogP contribution in [-0.2, 0) is 16.0 Å². The summed E-state index contributed by atoms with van der Waals surface area (Å²) in [6.07, 6.45) is 7.18. The highest BCUT2D eigenvalue weighted by Gasteiger charge is 2.80. The molecule has 4 aliphatic carbocycles. The molecule has 0 saturated heterocycles. The van der Waals surface area contributed by atoms with Gasteiger partial charge in [-0.1, -0.05) is 76.5 Å². The van der Waals surface area contributed by atoms with E-state index in [4.69, 9.17) is 5.73 Å². The average Bonchev–Trinajstić information content (AvgIpc) is 3.38. The van der Waals surface area contributed by atoms with Gasteiger partial charge in [0.1, 0.15) is 11.4 Å². The monoisotopic (exact) mass is 613 g/mol. The Morgan fingerprint density at radius 2 is 1.73 bits per heavy atom. The van der Waals surface area contributed by atoms with Crippen LogP contribution in [0.25, 0.3) is 0 Å². The van der Waals surface area contributed by atoms with Crippen LogP contribution >= 0.6 is 0 Å². The maximum absolute atomic E-state index is 13.6. The quantitative estimate of drug-likeness (QED) is 0.179. The number of carbonyl (C=O) groups is 2. The van der Waals surface area contributed by atoms with Crippen LogP contribution in [0.3, 0.4) is 0 Å². The smallest absolute Gasteiger partial charge is 0.263 e. The molecular weight excluding hydrogens is 564 g/mol. The zero-order valence-electron chi connectivity index (χ0n) is 26.5. The number of halogens is 2. The second kappa shape index (κ2) is 11.8. The van der Waals surface area contributed by atoms with Crippen LogP contribution in [0.5, 0.6) is 0 Å². The van der Waals surface area contributed by atoms with Crippen molar-refractivity contribution in [2.24, 2.45) is 40.2 Å². The van der Waals surface area contributed by atoms with E-state index in [9.17, 15) is 33.7 Å². The van der Waals surface area contributed by atoms with E-state index in [1.54, 1.807) is 25.1 Å². The van der Waals surface area contributed by atoms with Crippen molar-refractivity contribution < 1.29 is 33.7 Å². The Balaban J connectivity index is 1.21. The van der Waals surface area contributed by atoms with Crippen molar-refractivity contribution >= 4 is 11.6 Å². The molecule has 8 atom stereocenters. The largest absolute Gasteiger partial charge is 0.392 e. The van der Waals surface area contributed by atoms with Crippen molar-refractivity contribution in [3.05, 3.63) is 58.7 Å². The van der Waals surface area contributed by atoms with Crippen molar-refractivity contribution in [2.45, 2.75) is 109 Å². The number of fused-ring (bicyclic) bond motifs is 5. The molecule has 1 aromatic carbocycles. The SMILES string of the molecule is CC1=C[C@H]2[C@@]3(O)[C@H](C)C[C@]4(CC(=O)[C@H](N)CCCCCCc5ccc(C(F)F)cc5)[C@H]([C@@H]3C=C(CO)C[C@]2(O)C1=O)C4(C)C. The highest BCUT2D eigenvalue weighted by atomic mass is 19.3. The van der Waals surface area contributed by atoms with Crippen LogP contribution in [0.1, 0.15) is 96.6 Å². The number of unbranched alkanes of at least 4 members (excludes halogenated alkanes) is 3. The fourth-order valence-electron chi connectivity index (χ4n) is 9.53. The van der Waals surface area contributed by atoms with E-state index < -0.39 is 35.5 Å². The van der Waals surface area contributed by atoms with E-state index >= 15 is 0 Å². The Hall–Kier alpha value is -2.26. The fraction of sp³-hybridized carbons (Fsp3) is 0.667. The molecule has 2 saturated carbocycles.